The molecule has 2 amide bonds. The second kappa shape index (κ2) is 7.51. The van der Waals surface area contributed by atoms with Gasteiger partial charge in [-0.25, -0.2) is 4.79 Å². The Kier molecular flexibility index (Phi) is 5.16. The highest BCUT2D eigenvalue weighted by Crippen LogP contribution is 2.28. The van der Waals surface area contributed by atoms with Gasteiger partial charge in [-0.3, -0.25) is 0 Å². The van der Waals surface area contributed by atoms with Crippen LogP contribution in [0.5, 0.6) is 11.5 Å². The highest BCUT2D eigenvalue weighted by atomic mass is 16.5. The van der Waals surface area contributed by atoms with E-state index in [1.54, 1.807) is 14.2 Å². The molecule has 1 aromatic heterocycles. The highest BCUT2D eigenvalue weighted by Gasteiger charge is 2.26. The Morgan fingerprint density at radius 2 is 2.00 bits per heavy atom. The molecule has 134 valence electrons. The molecule has 25 heavy (non-hydrogen) atoms. The maximum absolute atomic E-state index is 12.5. The quantitative estimate of drug-likeness (QED) is 0.908. The number of ether oxygens (including phenoxy) is 2. The molecule has 0 unspecified atom stereocenters. The van der Waals surface area contributed by atoms with E-state index in [1.165, 1.54) is 5.69 Å². The zero-order valence-corrected chi connectivity index (χ0v) is 15.0. The third-order valence-electron chi connectivity index (χ3n) is 4.74. The van der Waals surface area contributed by atoms with Gasteiger partial charge >= 0.3 is 6.03 Å². The summed E-state index contributed by atoms with van der Waals surface area (Å²) in [6.45, 7) is 4.22. The van der Waals surface area contributed by atoms with Gasteiger partial charge in [0.25, 0.3) is 0 Å². The Labute approximate surface area is 148 Å². The van der Waals surface area contributed by atoms with Crippen molar-refractivity contribution in [3.05, 3.63) is 47.8 Å². The van der Waals surface area contributed by atoms with Gasteiger partial charge in [0, 0.05) is 31.5 Å². The first kappa shape index (κ1) is 17.2. The number of aromatic nitrogens is 1. The van der Waals surface area contributed by atoms with Crippen LogP contribution in [-0.2, 0) is 13.0 Å². The molecule has 0 aliphatic carbocycles. The van der Waals surface area contributed by atoms with Gasteiger partial charge < -0.3 is 24.3 Å². The molecule has 6 nitrogen and oxygen atoms in total. The standard InChI is InChI=1S/C19H25N3O3/c1-14-16-5-4-10-21(16)11-12-22(14)19(23)20-9-8-15-6-7-17(24-2)18(13-15)25-3/h4-7,10,13-14H,8-9,11-12H2,1-3H3,(H,20,23)/t14-/m1/s1. The van der Waals surface area contributed by atoms with Crippen LogP contribution in [0.3, 0.4) is 0 Å². The number of fused-ring (bicyclic) bond motifs is 1. The number of hydrogen-bond acceptors (Lipinski definition) is 3. The molecule has 1 N–H and O–H groups in total. The zero-order valence-electron chi connectivity index (χ0n) is 15.0. The number of nitrogens with zero attached hydrogens (tertiary/aromatic N) is 2. The van der Waals surface area contributed by atoms with Crippen LogP contribution in [0.15, 0.2) is 36.5 Å². The van der Waals surface area contributed by atoms with Crippen molar-refractivity contribution in [2.45, 2.75) is 25.9 Å². The summed E-state index contributed by atoms with van der Waals surface area (Å²) in [5.74, 6) is 1.41. The van der Waals surface area contributed by atoms with Crippen LogP contribution in [0.4, 0.5) is 4.79 Å². The first-order chi connectivity index (χ1) is 12.1. The van der Waals surface area contributed by atoms with Crippen LogP contribution >= 0.6 is 0 Å². The summed E-state index contributed by atoms with van der Waals surface area (Å²) in [5.41, 5.74) is 2.28. The fourth-order valence-electron chi connectivity index (χ4n) is 3.31. The predicted octanol–water partition coefficient (Wildman–Crippen LogP) is 2.83. The molecule has 3 rings (SSSR count). The molecular formula is C19H25N3O3. The van der Waals surface area contributed by atoms with E-state index in [-0.39, 0.29) is 12.1 Å². The van der Waals surface area contributed by atoms with E-state index in [4.69, 9.17) is 9.47 Å². The Hall–Kier alpha value is -2.63. The number of hydrogen-bond donors (Lipinski definition) is 1. The molecule has 1 aliphatic heterocycles. The number of amides is 2. The summed E-state index contributed by atoms with van der Waals surface area (Å²) in [5, 5.41) is 3.03. The number of carbonyl (C=O) groups is 1. The predicted molar refractivity (Wildman–Crippen MR) is 96.2 cm³/mol. The van der Waals surface area contributed by atoms with Crippen molar-refractivity contribution in [1.29, 1.82) is 0 Å². The minimum Gasteiger partial charge on any atom is -0.493 e. The molecule has 0 saturated heterocycles. The second-order valence-corrected chi connectivity index (χ2v) is 6.17. The van der Waals surface area contributed by atoms with Crippen LogP contribution in [0, 0.1) is 0 Å². The monoisotopic (exact) mass is 343 g/mol. The lowest BCUT2D eigenvalue weighted by Crippen LogP contribution is -2.46. The van der Waals surface area contributed by atoms with Crippen molar-refractivity contribution >= 4 is 6.03 Å². The van der Waals surface area contributed by atoms with Gasteiger partial charge in [-0.05, 0) is 43.2 Å². The SMILES string of the molecule is COc1ccc(CCNC(=O)N2CCn3cccc3[C@H]2C)cc1OC. The lowest BCUT2D eigenvalue weighted by atomic mass is 10.1. The van der Waals surface area contributed by atoms with Crippen LogP contribution in [-0.4, -0.2) is 42.8 Å². The molecule has 6 heteroatoms. The van der Waals surface area contributed by atoms with E-state index in [2.05, 4.69) is 29.1 Å². The topological polar surface area (TPSA) is 55.7 Å². The van der Waals surface area contributed by atoms with Crippen molar-refractivity contribution in [2.24, 2.45) is 0 Å². The number of rotatable bonds is 5. The summed E-state index contributed by atoms with van der Waals surface area (Å²) in [7, 11) is 3.24. The smallest absolute Gasteiger partial charge is 0.318 e. The largest absolute Gasteiger partial charge is 0.493 e. The maximum Gasteiger partial charge on any atom is 0.318 e. The Morgan fingerprint density at radius 3 is 2.76 bits per heavy atom. The van der Waals surface area contributed by atoms with Crippen LogP contribution in [0.1, 0.15) is 24.2 Å². The minimum atomic E-state index is -0.0135. The number of methoxy groups -OCH3 is 2. The van der Waals surface area contributed by atoms with E-state index in [0.29, 0.717) is 18.0 Å². The van der Waals surface area contributed by atoms with Gasteiger partial charge in [-0.15, -0.1) is 0 Å². The van der Waals surface area contributed by atoms with Crippen molar-refractivity contribution in [3.8, 4) is 11.5 Å². The molecule has 0 bridgehead atoms. The number of nitrogens with one attached hydrogen (secondary N) is 1. The van der Waals surface area contributed by atoms with Crippen LogP contribution in [0.25, 0.3) is 0 Å². The van der Waals surface area contributed by atoms with E-state index in [0.717, 1.165) is 25.1 Å². The van der Waals surface area contributed by atoms with Crippen molar-refractivity contribution in [3.63, 3.8) is 0 Å². The average Bonchev–Trinajstić information content (AvgIpc) is 3.11. The summed E-state index contributed by atoms with van der Waals surface area (Å²) < 4.78 is 12.8. The summed E-state index contributed by atoms with van der Waals surface area (Å²) in [6.07, 6.45) is 2.81. The van der Waals surface area contributed by atoms with E-state index < -0.39 is 0 Å². The van der Waals surface area contributed by atoms with Crippen molar-refractivity contribution in [1.82, 2.24) is 14.8 Å². The van der Waals surface area contributed by atoms with Gasteiger partial charge in [0.2, 0.25) is 0 Å². The molecule has 0 saturated carbocycles. The summed E-state index contributed by atoms with van der Waals surface area (Å²) >= 11 is 0. The highest BCUT2D eigenvalue weighted by molar-refractivity contribution is 5.74. The second-order valence-electron chi connectivity index (χ2n) is 6.17. The van der Waals surface area contributed by atoms with Gasteiger partial charge in [-0.2, -0.15) is 0 Å². The number of urea groups is 1. The Bertz CT molecular complexity index is 741. The zero-order chi connectivity index (χ0) is 17.8. The van der Waals surface area contributed by atoms with Gasteiger partial charge in [0.15, 0.2) is 11.5 Å². The normalized spacial score (nSPS) is 16.3. The molecule has 0 spiro atoms. The Morgan fingerprint density at radius 1 is 1.20 bits per heavy atom. The van der Waals surface area contributed by atoms with Crippen molar-refractivity contribution in [2.75, 3.05) is 27.3 Å². The van der Waals surface area contributed by atoms with E-state index in [1.807, 2.05) is 29.2 Å². The maximum atomic E-state index is 12.5. The molecule has 0 fully saturated rings. The molecule has 0 radical (unpaired) electrons. The average molecular weight is 343 g/mol. The number of benzene rings is 1. The van der Waals surface area contributed by atoms with Gasteiger partial charge in [0.1, 0.15) is 0 Å². The molecular weight excluding hydrogens is 318 g/mol. The van der Waals surface area contributed by atoms with Crippen molar-refractivity contribution < 1.29 is 14.3 Å². The van der Waals surface area contributed by atoms with Crippen LogP contribution < -0.4 is 14.8 Å². The molecule has 2 heterocycles. The molecule has 1 atom stereocenters. The lowest BCUT2D eigenvalue weighted by molar-refractivity contribution is 0.162. The first-order valence-electron chi connectivity index (χ1n) is 8.54. The summed E-state index contributed by atoms with van der Waals surface area (Å²) in [6, 6.07) is 10.0. The summed E-state index contributed by atoms with van der Waals surface area (Å²) in [4.78, 5) is 14.4. The fraction of sp³-hybridized carbons (Fsp3) is 0.421. The van der Waals surface area contributed by atoms with Gasteiger partial charge in [-0.1, -0.05) is 6.07 Å². The minimum absolute atomic E-state index is 0.0135. The number of carbonyl (C=O) groups excluding carboxylic acids is 1. The van der Waals surface area contributed by atoms with Gasteiger partial charge in [0.05, 0.1) is 20.3 Å². The fourth-order valence-corrected chi connectivity index (χ4v) is 3.31. The third-order valence-corrected chi connectivity index (χ3v) is 4.74. The first-order valence-corrected chi connectivity index (χ1v) is 8.54. The molecule has 1 aromatic carbocycles. The van der Waals surface area contributed by atoms with Crippen LogP contribution in [0.2, 0.25) is 0 Å². The molecule has 2 aromatic rings. The molecule has 1 aliphatic rings. The van der Waals surface area contributed by atoms with E-state index >= 15 is 0 Å². The van der Waals surface area contributed by atoms with E-state index in [9.17, 15) is 4.79 Å². The lowest BCUT2D eigenvalue weighted by Gasteiger charge is -2.34. The Balaban J connectivity index is 1.55. The third kappa shape index (κ3) is 3.57.